The maximum atomic E-state index is 12.1. The Balaban J connectivity index is 2.12. The third-order valence-corrected chi connectivity index (χ3v) is 3.84. The summed E-state index contributed by atoms with van der Waals surface area (Å²) in [5.41, 5.74) is 1.95. The van der Waals surface area contributed by atoms with Gasteiger partial charge in [-0.2, -0.15) is 0 Å². The first-order chi connectivity index (χ1) is 10.5. The molecule has 5 heteroatoms. The Morgan fingerprint density at radius 1 is 1.14 bits per heavy atom. The van der Waals surface area contributed by atoms with Gasteiger partial charge >= 0.3 is 5.97 Å². The number of halogens is 1. The van der Waals surface area contributed by atoms with Gasteiger partial charge < -0.3 is 10.4 Å². The minimum absolute atomic E-state index is 0.134. The SMILES string of the molecule is Cc1c(Cl)cccc1NC(=O)CC(C(=O)O)c1ccccc1. The molecule has 0 fully saturated rings. The maximum Gasteiger partial charge on any atom is 0.311 e. The zero-order valence-corrected chi connectivity index (χ0v) is 12.8. The first kappa shape index (κ1) is 16.0. The summed E-state index contributed by atoms with van der Waals surface area (Å²) in [4.78, 5) is 23.6. The number of hydrogen-bond acceptors (Lipinski definition) is 2. The highest BCUT2D eigenvalue weighted by atomic mass is 35.5. The van der Waals surface area contributed by atoms with Crippen molar-refractivity contribution in [3.05, 3.63) is 64.7 Å². The molecule has 2 rings (SSSR count). The Hall–Kier alpha value is -2.33. The number of carboxylic acid groups (broad SMARTS) is 1. The van der Waals surface area contributed by atoms with Gasteiger partial charge in [0.05, 0.1) is 5.92 Å². The zero-order valence-electron chi connectivity index (χ0n) is 12.0. The van der Waals surface area contributed by atoms with E-state index in [4.69, 9.17) is 11.6 Å². The Bertz CT molecular complexity index is 686. The van der Waals surface area contributed by atoms with Crippen LogP contribution in [0.3, 0.4) is 0 Å². The van der Waals surface area contributed by atoms with Crippen LogP contribution in [0.15, 0.2) is 48.5 Å². The minimum Gasteiger partial charge on any atom is -0.481 e. The lowest BCUT2D eigenvalue weighted by atomic mass is 9.95. The molecule has 114 valence electrons. The molecule has 0 aliphatic rings. The van der Waals surface area contributed by atoms with E-state index in [1.165, 1.54) is 0 Å². The first-order valence-electron chi connectivity index (χ1n) is 6.81. The molecule has 2 aromatic carbocycles. The zero-order chi connectivity index (χ0) is 16.1. The molecule has 0 aliphatic carbocycles. The van der Waals surface area contributed by atoms with Crippen LogP contribution in [0.4, 0.5) is 5.69 Å². The van der Waals surface area contributed by atoms with E-state index in [0.29, 0.717) is 16.3 Å². The predicted molar refractivity (Wildman–Crippen MR) is 86.3 cm³/mol. The van der Waals surface area contributed by atoms with Crippen LogP contribution in [0.25, 0.3) is 0 Å². The van der Waals surface area contributed by atoms with E-state index in [1.807, 2.05) is 0 Å². The Morgan fingerprint density at radius 2 is 1.82 bits per heavy atom. The average molecular weight is 318 g/mol. The van der Waals surface area contributed by atoms with Crippen molar-refractivity contribution in [3.63, 3.8) is 0 Å². The summed E-state index contributed by atoms with van der Waals surface area (Å²) >= 11 is 6.00. The molecule has 0 radical (unpaired) electrons. The molecule has 0 saturated heterocycles. The number of carbonyl (C=O) groups excluding carboxylic acids is 1. The molecule has 0 spiro atoms. The molecular formula is C17H16ClNO3. The summed E-state index contributed by atoms with van der Waals surface area (Å²) in [6.07, 6.45) is -0.134. The van der Waals surface area contributed by atoms with Crippen molar-refractivity contribution >= 4 is 29.2 Å². The Morgan fingerprint density at radius 3 is 2.45 bits per heavy atom. The summed E-state index contributed by atoms with van der Waals surface area (Å²) in [5, 5.41) is 12.6. The number of carbonyl (C=O) groups is 2. The fourth-order valence-corrected chi connectivity index (χ4v) is 2.34. The van der Waals surface area contributed by atoms with Crippen LogP contribution in [0.1, 0.15) is 23.5 Å². The fourth-order valence-electron chi connectivity index (χ4n) is 2.16. The predicted octanol–water partition coefficient (Wildman–Crippen LogP) is 3.85. The monoisotopic (exact) mass is 317 g/mol. The number of rotatable bonds is 5. The van der Waals surface area contributed by atoms with E-state index < -0.39 is 11.9 Å². The minimum atomic E-state index is -1.02. The number of benzene rings is 2. The second-order valence-corrected chi connectivity index (χ2v) is 5.37. The molecule has 0 saturated carbocycles. The van der Waals surface area contributed by atoms with Crippen molar-refractivity contribution in [2.24, 2.45) is 0 Å². The largest absolute Gasteiger partial charge is 0.481 e. The van der Waals surface area contributed by atoms with Gasteiger partial charge in [0.25, 0.3) is 0 Å². The molecule has 2 N–H and O–H groups in total. The van der Waals surface area contributed by atoms with Crippen LogP contribution in [0, 0.1) is 6.92 Å². The highest BCUT2D eigenvalue weighted by Crippen LogP contribution is 2.25. The number of aliphatic carboxylic acids is 1. The topological polar surface area (TPSA) is 66.4 Å². The smallest absolute Gasteiger partial charge is 0.311 e. The summed E-state index contributed by atoms with van der Waals surface area (Å²) in [6, 6.07) is 13.9. The second-order valence-electron chi connectivity index (χ2n) is 4.97. The van der Waals surface area contributed by atoms with E-state index in [2.05, 4.69) is 5.32 Å². The van der Waals surface area contributed by atoms with Crippen LogP contribution >= 0.6 is 11.6 Å². The molecule has 0 heterocycles. The van der Waals surface area contributed by atoms with E-state index >= 15 is 0 Å². The van der Waals surface area contributed by atoms with Gasteiger partial charge in [-0.3, -0.25) is 9.59 Å². The van der Waals surface area contributed by atoms with Crippen molar-refractivity contribution < 1.29 is 14.7 Å². The first-order valence-corrected chi connectivity index (χ1v) is 7.19. The van der Waals surface area contributed by atoms with Crippen LogP contribution in [0.5, 0.6) is 0 Å². The molecule has 0 aromatic heterocycles. The quantitative estimate of drug-likeness (QED) is 0.880. The summed E-state index contributed by atoms with van der Waals surface area (Å²) in [5.74, 6) is -2.26. The highest BCUT2D eigenvalue weighted by molar-refractivity contribution is 6.31. The highest BCUT2D eigenvalue weighted by Gasteiger charge is 2.23. The lowest BCUT2D eigenvalue weighted by Gasteiger charge is -2.14. The number of anilines is 1. The van der Waals surface area contributed by atoms with Gasteiger partial charge in [-0.05, 0) is 30.2 Å². The van der Waals surface area contributed by atoms with Gasteiger partial charge in [0.15, 0.2) is 0 Å². The van der Waals surface area contributed by atoms with E-state index in [9.17, 15) is 14.7 Å². The Labute approximate surface area is 133 Å². The fraction of sp³-hybridized carbons (Fsp3) is 0.176. The van der Waals surface area contributed by atoms with Crippen LogP contribution in [0.2, 0.25) is 5.02 Å². The van der Waals surface area contributed by atoms with Crippen LogP contribution in [-0.2, 0) is 9.59 Å². The van der Waals surface area contributed by atoms with E-state index in [-0.39, 0.29) is 12.3 Å². The van der Waals surface area contributed by atoms with Gasteiger partial charge in [0.2, 0.25) is 5.91 Å². The van der Waals surface area contributed by atoms with Crippen LogP contribution < -0.4 is 5.32 Å². The molecule has 1 amide bonds. The average Bonchev–Trinajstić information content (AvgIpc) is 2.50. The number of hydrogen-bond donors (Lipinski definition) is 2. The summed E-state index contributed by atoms with van der Waals surface area (Å²) < 4.78 is 0. The molecule has 2 aromatic rings. The number of nitrogens with one attached hydrogen (secondary N) is 1. The van der Waals surface area contributed by atoms with E-state index in [0.717, 1.165) is 5.56 Å². The second kappa shape index (κ2) is 7.09. The lowest BCUT2D eigenvalue weighted by Crippen LogP contribution is -2.21. The van der Waals surface area contributed by atoms with Crippen molar-refractivity contribution in [3.8, 4) is 0 Å². The molecule has 0 bridgehead atoms. The summed E-state index contributed by atoms with van der Waals surface area (Å²) in [7, 11) is 0. The third kappa shape index (κ3) is 3.86. The van der Waals surface area contributed by atoms with Gasteiger partial charge in [0.1, 0.15) is 0 Å². The molecular weight excluding hydrogens is 302 g/mol. The van der Waals surface area contributed by atoms with Crippen molar-refractivity contribution in [1.29, 1.82) is 0 Å². The molecule has 1 unspecified atom stereocenters. The Kier molecular flexibility index (Phi) is 5.17. The van der Waals surface area contributed by atoms with Gasteiger partial charge in [0, 0.05) is 17.1 Å². The van der Waals surface area contributed by atoms with Crippen LogP contribution in [-0.4, -0.2) is 17.0 Å². The van der Waals surface area contributed by atoms with Gasteiger partial charge in [-0.1, -0.05) is 48.0 Å². The third-order valence-electron chi connectivity index (χ3n) is 3.43. The molecule has 22 heavy (non-hydrogen) atoms. The molecule has 0 aliphatic heterocycles. The lowest BCUT2D eigenvalue weighted by molar-refractivity contribution is -0.140. The number of carboxylic acids is 1. The molecule has 4 nitrogen and oxygen atoms in total. The van der Waals surface area contributed by atoms with Crippen molar-refractivity contribution in [2.75, 3.05) is 5.32 Å². The molecule has 1 atom stereocenters. The van der Waals surface area contributed by atoms with Gasteiger partial charge in [-0.15, -0.1) is 0 Å². The van der Waals surface area contributed by atoms with Crippen molar-refractivity contribution in [2.45, 2.75) is 19.3 Å². The van der Waals surface area contributed by atoms with Crippen molar-refractivity contribution in [1.82, 2.24) is 0 Å². The van der Waals surface area contributed by atoms with Gasteiger partial charge in [-0.25, -0.2) is 0 Å². The van der Waals surface area contributed by atoms with E-state index in [1.54, 1.807) is 55.5 Å². The number of amides is 1. The maximum absolute atomic E-state index is 12.1. The normalized spacial score (nSPS) is 11.7. The standard InChI is InChI=1S/C17H16ClNO3/c1-11-14(18)8-5-9-15(11)19-16(20)10-13(17(21)22)12-6-3-2-4-7-12/h2-9,13H,10H2,1H3,(H,19,20)(H,21,22). The summed E-state index contributed by atoms with van der Waals surface area (Å²) in [6.45, 7) is 1.80.